The van der Waals surface area contributed by atoms with Crippen molar-refractivity contribution in [1.29, 1.82) is 0 Å². The first-order valence-electron chi connectivity index (χ1n) is 6.63. The Balaban J connectivity index is 2.05. The third kappa shape index (κ3) is 3.83. The molecule has 1 aromatic heterocycles. The molecule has 4 nitrogen and oxygen atoms in total. The maximum absolute atomic E-state index is 5.52. The molecule has 0 aliphatic carbocycles. The molecule has 0 radical (unpaired) electrons. The van der Waals surface area contributed by atoms with Gasteiger partial charge in [0, 0.05) is 18.4 Å². The average molecular weight is 259 g/mol. The van der Waals surface area contributed by atoms with Gasteiger partial charge in [-0.2, -0.15) is 0 Å². The minimum Gasteiger partial charge on any atom is -0.377 e. The summed E-state index contributed by atoms with van der Waals surface area (Å²) in [5, 5.41) is 3.31. The van der Waals surface area contributed by atoms with Crippen LogP contribution in [-0.4, -0.2) is 28.8 Å². The Morgan fingerprint density at radius 2 is 2.00 bits per heavy atom. The van der Waals surface area contributed by atoms with Gasteiger partial charge in [0.1, 0.15) is 0 Å². The zero-order chi connectivity index (χ0) is 13.7. The van der Waals surface area contributed by atoms with Crippen LogP contribution in [0.5, 0.6) is 0 Å². The Hall–Kier alpha value is -1.81. The quantitative estimate of drug-likeness (QED) is 0.810. The van der Waals surface area contributed by atoms with Gasteiger partial charge in [0.25, 0.3) is 0 Å². The molecule has 0 fully saturated rings. The normalized spacial score (nSPS) is 10.9. The van der Waals surface area contributed by atoms with Crippen LogP contribution in [0.1, 0.15) is 19.5 Å². The molecule has 4 heteroatoms. The van der Waals surface area contributed by atoms with Crippen LogP contribution in [-0.2, 0) is 4.74 Å². The van der Waals surface area contributed by atoms with Crippen molar-refractivity contribution in [2.24, 2.45) is 0 Å². The summed E-state index contributed by atoms with van der Waals surface area (Å²) in [5.74, 6) is 0.857. The average Bonchev–Trinajstić information content (AvgIpc) is 2.77. The Morgan fingerprint density at radius 1 is 1.26 bits per heavy atom. The molecule has 0 saturated carbocycles. The molecule has 0 amide bonds. The number of nitrogens with zero attached hydrogens (tertiary/aromatic N) is 2. The molecule has 102 valence electrons. The lowest BCUT2D eigenvalue weighted by molar-refractivity contribution is 0.0869. The SMILES string of the molecule is Cc1cn(-c2ccccc2)c(NCCOC(C)C)n1. The Labute approximate surface area is 114 Å². The van der Waals surface area contributed by atoms with Crippen LogP contribution in [0.25, 0.3) is 5.69 Å². The van der Waals surface area contributed by atoms with Gasteiger partial charge in [0.2, 0.25) is 5.95 Å². The smallest absolute Gasteiger partial charge is 0.207 e. The molecule has 0 aliphatic rings. The molecule has 1 heterocycles. The summed E-state index contributed by atoms with van der Waals surface area (Å²) >= 11 is 0. The van der Waals surface area contributed by atoms with Crippen LogP contribution in [0.4, 0.5) is 5.95 Å². The van der Waals surface area contributed by atoms with Crippen molar-refractivity contribution in [3.8, 4) is 5.69 Å². The Kier molecular flexibility index (Phi) is 4.58. The third-order valence-electron chi connectivity index (χ3n) is 2.70. The van der Waals surface area contributed by atoms with Gasteiger partial charge in [0.05, 0.1) is 18.4 Å². The van der Waals surface area contributed by atoms with Gasteiger partial charge in [-0.1, -0.05) is 18.2 Å². The second-order valence-corrected chi connectivity index (χ2v) is 4.76. The molecule has 19 heavy (non-hydrogen) atoms. The fourth-order valence-electron chi connectivity index (χ4n) is 1.87. The maximum Gasteiger partial charge on any atom is 0.207 e. The van der Waals surface area contributed by atoms with E-state index < -0.39 is 0 Å². The van der Waals surface area contributed by atoms with Crippen molar-refractivity contribution in [3.63, 3.8) is 0 Å². The summed E-state index contributed by atoms with van der Waals surface area (Å²) in [7, 11) is 0. The number of hydrogen-bond acceptors (Lipinski definition) is 3. The summed E-state index contributed by atoms with van der Waals surface area (Å²) in [4.78, 5) is 4.50. The van der Waals surface area contributed by atoms with E-state index >= 15 is 0 Å². The number of rotatable bonds is 6. The number of imidazole rings is 1. The van der Waals surface area contributed by atoms with Crippen LogP contribution < -0.4 is 5.32 Å². The van der Waals surface area contributed by atoms with Crippen molar-refractivity contribution in [2.45, 2.75) is 26.9 Å². The number of anilines is 1. The lowest BCUT2D eigenvalue weighted by Gasteiger charge is -2.11. The van der Waals surface area contributed by atoms with Crippen LogP contribution in [0.3, 0.4) is 0 Å². The molecule has 0 unspecified atom stereocenters. The highest BCUT2D eigenvalue weighted by atomic mass is 16.5. The molecule has 0 saturated heterocycles. The van der Waals surface area contributed by atoms with Gasteiger partial charge in [-0.3, -0.25) is 4.57 Å². The predicted molar refractivity (Wildman–Crippen MR) is 77.9 cm³/mol. The molecule has 0 aliphatic heterocycles. The number of para-hydroxylation sites is 1. The van der Waals surface area contributed by atoms with Crippen molar-refractivity contribution < 1.29 is 4.74 Å². The van der Waals surface area contributed by atoms with Crippen molar-refractivity contribution in [3.05, 3.63) is 42.2 Å². The summed E-state index contributed by atoms with van der Waals surface area (Å²) in [6.07, 6.45) is 2.29. The summed E-state index contributed by atoms with van der Waals surface area (Å²) in [6, 6.07) is 10.2. The zero-order valence-electron chi connectivity index (χ0n) is 11.8. The van der Waals surface area contributed by atoms with Crippen LogP contribution in [0.2, 0.25) is 0 Å². The van der Waals surface area contributed by atoms with Crippen molar-refractivity contribution in [1.82, 2.24) is 9.55 Å². The first-order valence-corrected chi connectivity index (χ1v) is 6.63. The fourth-order valence-corrected chi connectivity index (χ4v) is 1.87. The van der Waals surface area contributed by atoms with Gasteiger partial charge >= 0.3 is 0 Å². The summed E-state index contributed by atoms with van der Waals surface area (Å²) in [5.41, 5.74) is 2.10. The number of aryl methyl sites for hydroxylation is 1. The minimum atomic E-state index is 0.261. The molecule has 0 bridgehead atoms. The molecular formula is C15H21N3O. The molecule has 1 N–H and O–H groups in total. The third-order valence-corrected chi connectivity index (χ3v) is 2.70. The van der Waals surface area contributed by atoms with E-state index in [2.05, 4.69) is 27.0 Å². The molecule has 2 aromatic rings. The van der Waals surface area contributed by atoms with Gasteiger partial charge in [-0.25, -0.2) is 4.98 Å². The Bertz CT molecular complexity index is 505. The highest BCUT2D eigenvalue weighted by Crippen LogP contribution is 2.15. The predicted octanol–water partition coefficient (Wildman–Crippen LogP) is 3.02. The van der Waals surface area contributed by atoms with E-state index in [1.807, 2.05) is 45.2 Å². The van der Waals surface area contributed by atoms with E-state index in [1.165, 1.54) is 0 Å². The monoisotopic (exact) mass is 259 g/mol. The highest BCUT2D eigenvalue weighted by Gasteiger charge is 2.06. The van der Waals surface area contributed by atoms with E-state index in [1.54, 1.807) is 0 Å². The molecule has 0 atom stereocenters. The maximum atomic E-state index is 5.52. The van der Waals surface area contributed by atoms with Gasteiger partial charge in [0.15, 0.2) is 0 Å². The second kappa shape index (κ2) is 6.38. The lowest BCUT2D eigenvalue weighted by atomic mass is 10.3. The molecular weight excluding hydrogens is 238 g/mol. The van der Waals surface area contributed by atoms with Gasteiger partial charge < -0.3 is 10.1 Å². The topological polar surface area (TPSA) is 39.1 Å². The first-order chi connectivity index (χ1) is 9.16. The second-order valence-electron chi connectivity index (χ2n) is 4.76. The van der Waals surface area contributed by atoms with E-state index in [0.717, 1.165) is 23.9 Å². The first kappa shape index (κ1) is 13.6. The molecule has 2 rings (SSSR count). The zero-order valence-corrected chi connectivity index (χ0v) is 11.8. The number of hydrogen-bond donors (Lipinski definition) is 1. The number of nitrogens with one attached hydrogen (secondary N) is 1. The summed E-state index contributed by atoms with van der Waals surface area (Å²) < 4.78 is 7.58. The van der Waals surface area contributed by atoms with E-state index in [9.17, 15) is 0 Å². The standard InChI is InChI=1S/C15H21N3O/c1-12(2)19-10-9-16-15-17-13(3)11-18(15)14-7-5-4-6-8-14/h4-8,11-12H,9-10H2,1-3H3,(H,16,17). The number of aromatic nitrogens is 2. The van der Waals surface area contributed by atoms with Crippen LogP contribution in [0, 0.1) is 6.92 Å². The number of benzene rings is 1. The van der Waals surface area contributed by atoms with Crippen molar-refractivity contribution in [2.75, 3.05) is 18.5 Å². The van der Waals surface area contributed by atoms with E-state index in [-0.39, 0.29) is 6.10 Å². The van der Waals surface area contributed by atoms with Crippen LogP contribution >= 0.6 is 0 Å². The fraction of sp³-hybridized carbons (Fsp3) is 0.400. The van der Waals surface area contributed by atoms with E-state index in [0.29, 0.717) is 6.61 Å². The minimum absolute atomic E-state index is 0.261. The lowest BCUT2D eigenvalue weighted by Crippen LogP contribution is -2.15. The largest absolute Gasteiger partial charge is 0.377 e. The van der Waals surface area contributed by atoms with Crippen molar-refractivity contribution >= 4 is 5.95 Å². The number of ether oxygens (including phenoxy) is 1. The van der Waals surface area contributed by atoms with Gasteiger partial charge in [-0.15, -0.1) is 0 Å². The highest BCUT2D eigenvalue weighted by molar-refractivity contribution is 5.42. The molecule has 1 aromatic carbocycles. The van der Waals surface area contributed by atoms with Crippen LogP contribution in [0.15, 0.2) is 36.5 Å². The molecule has 0 spiro atoms. The van der Waals surface area contributed by atoms with Gasteiger partial charge in [-0.05, 0) is 32.9 Å². The summed E-state index contributed by atoms with van der Waals surface area (Å²) in [6.45, 7) is 7.50. The Morgan fingerprint density at radius 3 is 2.68 bits per heavy atom. The van der Waals surface area contributed by atoms with E-state index in [4.69, 9.17) is 4.74 Å².